The van der Waals surface area contributed by atoms with Crippen molar-refractivity contribution in [2.75, 3.05) is 13.1 Å². The molecule has 1 nitrogen and oxygen atoms in total. The molecule has 0 bridgehead atoms. The lowest BCUT2D eigenvalue weighted by Crippen LogP contribution is -2.24. The summed E-state index contributed by atoms with van der Waals surface area (Å²) in [7, 11) is 0. The van der Waals surface area contributed by atoms with Gasteiger partial charge in [0.1, 0.15) is 0 Å². The maximum absolute atomic E-state index is 2.62. The van der Waals surface area contributed by atoms with E-state index in [4.69, 9.17) is 0 Å². The summed E-state index contributed by atoms with van der Waals surface area (Å²) in [6.45, 7) is 3.65. The summed E-state index contributed by atoms with van der Waals surface area (Å²) >= 11 is 0. The second-order valence-corrected chi connectivity index (χ2v) is 5.33. The smallest absolute Gasteiger partial charge is 0.0239 e. The van der Waals surface area contributed by atoms with Crippen LogP contribution < -0.4 is 0 Å². The summed E-state index contributed by atoms with van der Waals surface area (Å²) in [5.74, 6) is 0. The van der Waals surface area contributed by atoms with E-state index in [-0.39, 0.29) is 0 Å². The first-order valence-electron chi connectivity index (χ1n) is 7.12. The molecule has 0 aromatic heterocycles. The summed E-state index contributed by atoms with van der Waals surface area (Å²) in [5, 5.41) is 2.79. The molecule has 1 saturated heterocycles. The lowest BCUT2D eigenvalue weighted by Gasteiger charge is -2.20. The van der Waals surface area contributed by atoms with Gasteiger partial charge in [0, 0.05) is 6.54 Å². The fraction of sp³-hybridized carbons (Fsp3) is 0.412. The highest BCUT2D eigenvalue weighted by atomic mass is 15.1. The molecule has 94 valence electrons. The van der Waals surface area contributed by atoms with Crippen LogP contribution in [0.1, 0.15) is 31.2 Å². The Hall–Kier alpha value is -1.34. The van der Waals surface area contributed by atoms with E-state index in [1.807, 2.05) is 0 Å². The number of rotatable bonds is 2. The number of likely N-dealkylation sites (tertiary alicyclic amines) is 1. The lowest BCUT2D eigenvalue weighted by molar-refractivity contribution is 0.278. The number of fused-ring (bicyclic) bond motifs is 1. The molecule has 1 heteroatoms. The van der Waals surface area contributed by atoms with Gasteiger partial charge >= 0.3 is 0 Å². The summed E-state index contributed by atoms with van der Waals surface area (Å²) in [6.07, 6.45) is 5.55. The second kappa shape index (κ2) is 5.53. The Morgan fingerprint density at radius 1 is 0.778 bits per heavy atom. The van der Waals surface area contributed by atoms with E-state index >= 15 is 0 Å². The van der Waals surface area contributed by atoms with Crippen molar-refractivity contribution in [3.63, 3.8) is 0 Å². The van der Waals surface area contributed by atoms with E-state index in [1.165, 1.54) is 55.1 Å². The van der Waals surface area contributed by atoms with Crippen LogP contribution in [0.15, 0.2) is 42.5 Å². The van der Waals surface area contributed by atoms with Crippen molar-refractivity contribution >= 4 is 10.8 Å². The lowest BCUT2D eigenvalue weighted by atomic mass is 10.0. The van der Waals surface area contributed by atoms with Crippen molar-refractivity contribution in [3.05, 3.63) is 48.0 Å². The van der Waals surface area contributed by atoms with Crippen LogP contribution in [0.5, 0.6) is 0 Å². The van der Waals surface area contributed by atoms with Crippen LogP contribution in [-0.2, 0) is 6.54 Å². The molecule has 2 aromatic rings. The SMILES string of the molecule is c1ccc2c(CN3CCCCCC3)cccc2c1. The van der Waals surface area contributed by atoms with Crippen LogP contribution in [0.4, 0.5) is 0 Å². The highest BCUT2D eigenvalue weighted by molar-refractivity contribution is 5.85. The van der Waals surface area contributed by atoms with E-state index in [9.17, 15) is 0 Å². The molecule has 3 rings (SSSR count). The van der Waals surface area contributed by atoms with Gasteiger partial charge in [-0.25, -0.2) is 0 Å². The first-order chi connectivity index (χ1) is 8.93. The summed E-state index contributed by atoms with van der Waals surface area (Å²) in [5.41, 5.74) is 1.48. The fourth-order valence-corrected chi connectivity index (χ4v) is 2.97. The van der Waals surface area contributed by atoms with Crippen LogP contribution in [-0.4, -0.2) is 18.0 Å². The Labute approximate surface area is 109 Å². The monoisotopic (exact) mass is 239 g/mol. The zero-order valence-corrected chi connectivity index (χ0v) is 10.9. The van der Waals surface area contributed by atoms with Gasteiger partial charge < -0.3 is 0 Å². The summed E-state index contributed by atoms with van der Waals surface area (Å²) < 4.78 is 0. The molecule has 1 aliphatic heterocycles. The van der Waals surface area contributed by atoms with Crippen LogP contribution in [0.2, 0.25) is 0 Å². The van der Waals surface area contributed by atoms with Crippen LogP contribution in [0, 0.1) is 0 Å². The predicted molar refractivity (Wildman–Crippen MR) is 77.7 cm³/mol. The highest BCUT2D eigenvalue weighted by Crippen LogP contribution is 2.21. The largest absolute Gasteiger partial charge is 0.299 e. The minimum Gasteiger partial charge on any atom is -0.299 e. The number of hydrogen-bond donors (Lipinski definition) is 0. The van der Waals surface area contributed by atoms with Gasteiger partial charge in [0.25, 0.3) is 0 Å². The van der Waals surface area contributed by atoms with E-state index in [2.05, 4.69) is 47.4 Å². The van der Waals surface area contributed by atoms with Crippen molar-refractivity contribution in [1.82, 2.24) is 4.90 Å². The van der Waals surface area contributed by atoms with Crippen molar-refractivity contribution in [3.8, 4) is 0 Å². The first kappa shape index (κ1) is 11.7. The minimum absolute atomic E-state index is 1.11. The Morgan fingerprint density at radius 3 is 2.33 bits per heavy atom. The zero-order valence-electron chi connectivity index (χ0n) is 10.9. The van der Waals surface area contributed by atoms with Gasteiger partial charge in [-0.2, -0.15) is 0 Å². The fourth-order valence-electron chi connectivity index (χ4n) is 2.97. The molecule has 2 aromatic carbocycles. The number of benzene rings is 2. The molecular formula is C17H21N. The van der Waals surface area contributed by atoms with Gasteiger partial charge in [0.05, 0.1) is 0 Å². The van der Waals surface area contributed by atoms with Crippen LogP contribution >= 0.6 is 0 Å². The predicted octanol–water partition coefficient (Wildman–Crippen LogP) is 4.22. The van der Waals surface area contributed by atoms with Crippen LogP contribution in [0.3, 0.4) is 0 Å². The van der Waals surface area contributed by atoms with Gasteiger partial charge in [0.15, 0.2) is 0 Å². The zero-order chi connectivity index (χ0) is 12.2. The first-order valence-corrected chi connectivity index (χ1v) is 7.12. The van der Waals surface area contributed by atoms with Gasteiger partial charge in [-0.1, -0.05) is 55.3 Å². The van der Waals surface area contributed by atoms with Crippen molar-refractivity contribution in [1.29, 1.82) is 0 Å². The standard InChI is InChI=1S/C17H21N/c1-2-6-13-18(12-5-1)14-16-10-7-9-15-8-3-4-11-17(15)16/h3-4,7-11H,1-2,5-6,12-14H2. The second-order valence-electron chi connectivity index (χ2n) is 5.33. The molecule has 0 saturated carbocycles. The maximum atomic E-state index is 2.62. The maximum Gasteiger partial charge on any atom is 0.0239 e. The highest BCUT2D eigenvalue weighted by Gasteiger charge is 2.10. The topological polar surface area (TPSA) is 3.24 Å². The molecule has 0 aliphatic carbocycles. The Balaban J connectivity index is 1.85. The van der Waals surface area contributed by atoms with Gasteiger partial charge in [0.2, 0.25) is 0 Å². The third-order valence-corrected chi connectivity index (χ3v) is 3.97. The molecule has 1 fully saturated rings. The molecule has 0 amide bonds. The third kappa shape index (κ3) is 2.56. The molecule has 18 heavy (non-hydrogen) atoms. The van der Waals surface area contributed by atoms with Gasteiger partial charge in [-0.05, 0) is 42.3 Å². The Kier molecular flexibility index (Phi) is 3.61. The summed E-state index contributed by atoms with van der Waals surface area (Å²) in [6, 6.07) is 15.4. The molecular weight excluding hydrogens is 218 g/mol. The van der Waals surface area contributed by atoms with Crippen molar-refractivity contribution in [2.24, 2.45) is 0 Å². The Morgan fingerprint density at radius 2 is 1.50 bits per heavy atom. The van der Waals surface area contributed by atoms with E-state index in [0.717, 1.165) is 6.54 Å². The average Bonchev–Trinajstić information content (AvgIpc) is 2.68. The van der Waals surface area contributed by atoms with Gasteiger partial charge in [-0.3, -0.25) is 4.90 Å². The van der Waals surface area contributed by atoms with E-state index in [0.29, 0.717) is 0 Å². The summed E-state index contributed by atoms with van der Waals surface area (Å²) in [4.78, 5) is 2.62. The molecule has 0 N–H and O–H groups in total. The molecule has 0 spiro atoms. The quantitative estimate of drug-likeness (QED) is 0.758. The Bertz CT molecular complexity index is 505. The normalized spacial score (nSPS) is 17.8. The van der Waals surface area contributed by atoms with E-state index in [1.54, 1.807) is 0 Å². The van der Waals surface area contributed by atoms with Crippen LogP contribution in [0.25, 0.3) is 10.8 Å². The number of nitrogens with zero attached hydrogens (tertiary/aromatic N) is 1. The van der Waals surface area contributed by atoms with Crippen molar-refractivity contribution in [2.45, 2.75) is 32.2 Å². The van der Waals surface area contributed by atoms with E-state index < -0.39 is 0 Å². The van der Waals surface area contributed by atoms with Crippen molar-refractivity contribution < 1.29 is 0 Å². The average molecular weight is 239 g/mol. The third-order valence-electron chi connectivity index (χ3n) is 3.97. The molecule has 1 heterocycles. The molecule has 0 unspecified atom stereocenters. The van der Waals surface area contributed by atoms with Gasteiger partial charge in [-0.15, -0.1) is 0 Å². The molecule has 1 aliphatic rings. The molecule has 0 radical (unpaired) electrons. The number of hydrogen-bond acceptors (Lipinski definition) is 1. The minimum atomic E-state index is 1.11. The molecule has 0 atom stereocenters.